The van der Waals surface area contributed by atoms with Crippen LogP contribution in [0.25, 0.3) is 0 Å². The van der Waals surface area contributed by atoms with Gasteiger partial charge in [-0.15, -0.1) is 0 Å². The molecule has 0 aromatic carbocycles. The standard InChI is InChI=1S/C13H23N3/c1-14-8-4-3-5-11-16(2)12-13-6-9-15-10-7-13/h6-7,9-10,14H,3-5,8,11-12H2,1-2H3. The monoisotopic (exact) mass is 221 g/mol. The fourth-order valence-corrected chi connectivity index (χ4v) is 1.74. The molecule has 0 atom stereocenters. The van der Waals surface area contributed by atoms with Crippen molar-refractivity contribution < 1.29 is 0 Å². The van der Waals surface area contributed by atoms with E-state index in [4.69, 9.17) is 0 Å². The van der Waals surface area contributed by atoms with Crippen molar-refractivity contribution in [3.8, 4) is 0 Å². The van der Waals surface area contributed by atoms with Gasteiger partial charge in [-0.3, -0.25) is 4.98 Å². The summed E-state index contributed by atoms with van der Waals surface area (Å²) in [4.78, 5) is 6.39. The number of hydrogen-bond acceptors (Lipinski definition) is 3. The molecule has 1 heterocycles. The lowest BCUT2D eigenvalue weighted by molar-refractivity contribution is 0.317. The smallest absolute Gasteiger partial charge is 0.0271 e. The number of nitrogens with zero attached hydrogens (tertiary/aromatic N) is 2. The third-order valence-corrected chi connectivity index (χ3v) is 2.67. The van der Waals surface area contributed by atoms with Crippen LogP contribution in [0.2, 0.25) is 0 Å². The maximum absolute atomic E-state index is 4.02. The van der Waals surface area contributed by atoms with Crippen molar-refractivity contribution in [3.05, 3.63) is 30.1 Å². The Morgan fingerprint density at radius 1 is 1.19 bits per heavy atom. The van der Waals surface area contributed by atoms with Crippen LogP contribution >= 0.6 is 0 Å². The van der Waals surface area contributed by atoms with Crippen molar-refractivity contribution in [1.82, 2.24) is 15.2 Å². The predicted molar refractivity (Wildman–Crippen MR) is 68.3 cm³/mol. The van der Waals surface area contributed by atoms with Crippen molar-refractivity contribution in [2.45, 2.75) is 25.8 Å². The maximum Gasteiger partial charge on any atom is 0.0271 e. The van der Waals surface area contributed by atoms with Gasteiger partial charge in [-0.1, -0.05) is 6.42 Å². The van der Waals surface area contributed by atoms with E-state index in [0.29, 0.717) is 0 Å². The molecule has 0 aliphatic carbocycles. The van der Waals surface area contributed by atoms with E-state index in [0.717, 1.165) is 13.1 Å². The number of rotatable bonds is 8. The normalized spacial score (nSPS) is 10.9. The average Bonchev–Trinajstić information content (AvgIpc) is 2.30. The number of pyridine rings is 1. The van der Waals surface area contributed by atoms with Gasteiger partial charge in [0.25, 0.3) is 0 Å². The van der Waals surface area contributed by atoms with Crippen LogP contribution in [0, 0.1) is 0 Å². The zero-order valence-electron chi connectivity index (χ0n) is 10.4. The van der Waals surface area contributed by atoms with Crippen LogP contribution in [0.1, 0.15) is 24.8 Å². The molecule has 3 heteroatoms. The molecule has 3 nitrogen and oxygen atoms in total. The Kier molecular flexibility index (Phi) is 6.77. The second-order valence-electron chi connectivity index (χ2n) is 4.26. The maximum atomic E-state index is 4.02. The first-order valence-electron chi connectivity index (χ1n) is 6.05. The largest absolute Gasteiger partial charge is 0.320 e. The molecule has 90 valence electrons. The van der Waals surface area contributed by atoms with E-state index < -0.39 is 0 Å². The lowest BCUT2D eigenvalue weighted by Gasteiger charge is -2.16. The van der Waals surface area contributed by atoms with Gasteiger partial charge in [0.1, 0.15) is 0 Å². The van der Waals surface area contributed by atoms with Crippen LogP contribution in [0.3, 0.4) is 0 Å². The van der Waals surface area contributed by atoms with Crippen molar-refractivity contribution in [2.75, 3.05) is 27.2 Å². The Morgan fingerprint density at radius 3 is 2.62 bits per heavy atom. The number of hydrogen-bond donors (Lipinski definition) is 1. The highest BCUT2D eigenvalue weighted by molar-refractivity contribution is 5.09. The van der Waals surface area contributed by atoms with Crippen LogP contribution in [-0.2, 0) is 6.54 Å². The van der Waals surface area contributed by atoms with Gasteiger partial charge in [0.05, 0.1) is 0 Å². The predicted octanol–water partition coefficient (Wildman–Crippen LogP) is 1.90. The molecular formula is C13H23N3. The van der Waals surface area contributed by atoms with Crippen LogP contribution in [0.15, 0.2) is 24.5 Å². The minimum Gasteiger partial charge on any atom is -0.320 e. The summed E-state index contributed by atoms with van der Waals surface area (Å²) in [5.41, 5.74) is 1.34. The Hall–Kier alpha value is -0.930. The molecule has 0 amide bonds. The molecule has 0 unspecified atom stereocenters. The molecule has 0 radical (unpaired) electrons. The van der Waals surface area contributed by atoms with E-state index in [-0.39, 0.29) is 0 Å². The lowest BCUT2D eigenvalue weighted by atomic mass is 10.2. The molecule has 0 fully saturated rings. The van der Waals surface area contributed by atoms with E-state index in [1.54, 1.807) is 0 Å². The highest BCUT2D eigenvalue weighted by Gasteiger charge is 1.99. The molecule has 1 N–H and O–H groups in total. The first-order chi connectivity index (χ1) is 7.83. The van der Waals surface area contributed by atoms with Gasteiger partial charge in [-0.05, 0) is 57.7 Å². The molecule has 1 aromatic rings. The van der Waals surface area contributed by atoms with Gasteiger partial charge < -0.3 is 10.2 Å². The quantitative estimate of drug-likeness (QED) is 0.680. The molecule has 0 aliphatic rings. The molecule has 0 spiro atoms. The summed E-state index contributed by atoms with van der Waals surface area (Å²) in [5, 5.41) is 3.18. The van der Waals surface area contributed by atoms with E-state index in [9.17, 15) is 0 Å². The SMILES string of the molecule is CNCCCCCN(C)Cc1ccncc1. The van der Waals surface area contributed by atoms with Gasteiger partial charge in [0, 0.05) is 18.9 Å². The molecule has 16 heavy (non-hydrogen) atoms. The third-order valence-electron chi connectivity index (χ3n) is 2.67. The van der Waals surface area contributed by atoms with Crippen LogP contribution in [0.5, 0.6) is 0 Å². The fraction of sp³-hybridized carbons (Fsp3) is 0.615. The summed E-state index contributed by atoms with van der Waals surface area (Å²) < 4.78 is 0. The molecule has 0 saturated heterocycles. The molecule has 0 aliphatic heterocycles. The van der Waals surface area contributed by atoms with Gasteiger partial charge >= 0.3 is 0 Å². The van der Waals surface area contributed by atoms with Gasteiger partial charge in [0.15, 0.2) is 0 Å². The van der Waals surface area contributed by atoms with Crippen molar-refractivity contribution in [2.24, 2.45) is 0 Å². The first-order valence-corrected chi connectivity index (χ1v) is 6.05. The number of nitrogens with one attached hydrogen (secondary N) is 1. The van der Waals surface area contributed by atoms with E-state index in [1.165, 1.54) is 31.4 Å². The average molecular weight is 221 g/mol. The molecule has 0 bridgehead atoms. The zero-order valence-corrected chi connectivity index (χ0v) is 10.4. The van der Waals surface area contributed by atoms with E-state index in [2.05, 4.69) is 34.4 Å². The zero-order chi connectivity index (χ0) is 11.6. The second kappa shape index (κ2) is 8.25. The number of unbranched alkanes of at least 4 members (excludes halogenated alkanes) is 2. The second-order valence-corrected chi connectivity index (χ2v) is 4.26. The van der Waals surface area contributed by atoms with Gasteiger partial charge in [0.2, 0.25) is 0 Å². The van der Waals surface area contributed by atoms with Crippen molar-refractivity contribution in [1.29, 1.82) is 0 Å². The fourth-order valence-electron chi connectivity index (χ4n) is 1.74. The van der Waals surface area contributed by atoms with Crippen LogP contribution in [0.4, 0.5) is 0 Å². The Balaban J connectivity index is 2.09. The summed E-state index contributed by atoms with van der Waals surface area (Å²) >= 11 is 0. The minimum absolute atomic E-state index is 1.02. The number of aromatic nitrogens is 1. The lowest BCUT2D eigenvalue weighted by Crippen LogP contribution is -2.19. The third kappa shape index (κ3) is 5.83. The topological polar surface area (TPSA) is 28.2 Å². The van der Waals surface area contributed by atoms with Crippen LogP contribution in [-0.4, -0.2) is 37.1 Å². The summed E-state index contributed by atoms with van der Waals surface area (Å²) in [6.45, 7) is 3.33. The van der Waals surface area contributed by atoms with Crippen molar-refractivity contribution >= 4 is 0 Å². The van der Waals surface area contributed by atoms with Crippen molar-refractivity contribution in [3.63, 3.8) is 0 Å². The molecule has 1 aromatic heterocycles. The summed E-state index contributed by atoms with van der Waals surface area (Å²) in [6.07, 6.45) is 7.58. The van der Waals surface area contributed by atoms with Gasteiger partial charge in [-0.25, -0.2) is 0 Å². The Labute approximate surface area is 98.9 Å². The first kappa shape index (κ1) is 13.1. The van der Waals surface area contributed by atoms with Gasteiger partial charge in [-0.2, -0.15) is 0 Å². The Morgan fingerprint density at radius 2 is 1.94 bits per heavy atom. The highest BCUT2D eigenvalue weighted by Crippen LogP contribution is 2.03. The highest BCUT2D eigenvalue weighted by atomic mass is 15.1. The molecule has 0 saturated carbocycles. The summed E-state index contributed by atoms with van der Waals surface area (Å²) in [6, 6.07) is 4.16. The summed E-state index contributed by atoms with van der Waals surface area (Å²) in [5.74, 6) is 0. The van der Waals surface area contributed by atoms with Crippen LogP contribution < -0.4 is 5.32 Å². The molecular weight excluding hydrogens is 198 g/mol. The minimum atomic E-state index is 1.02. The van der Waals surface area contributed by atoms with E-state index >= 15 is 0 Å². The van der Waals surface area contributed by atoms with E-state index in [1.807, 2.05) is 19.4 Å². The molecule has 1 rings (SSSR count). The Bertz CT molecular complexity index is 261. The summed E-state index contributed by atoms with van der Waals surface area (Å²) in [7, 11) is 4.19.